The van der Waals surface area contributed by atoms with Gasteiger partial charge in [-0.3, -0.25) is 4.79 Å². The van der Waals surface area contributed by atoms with Gasteiger partial charge in [-0.2, -0.15) is 0 Å². The molecular formula is C11H17NO4S. The van der Waals surface area contributed by atoms with Crippen LogP contribution in [0.1, 0.15) is 30.0 Å². The lowest BCUT2D eigenvalue weighted by atomic mass is 10.2. The third kappa shape index (κ3) is 3.09. The van der Waals surface area contributed by atoms with Crippen molar-refractivity contribution in [3.8, 4) is 0 Å². The summed E-state index contributed by atoms with van der Waals surface area (Å²) in [5.74, 6) is 0.188. The minimum atomic E-state index is -3.22. The molecule has 0 saturated heterocycles. The summed E-state index contributed by atoms with van der Waals surface area (Å²) >= 11 is 0. The Balaban J connectivity index is 2.71. The standard InChI is InChI=1S/C11H17NO4S/c1-8-9(5-6-16-8)10(13)12-7-11(2,3)17(4,14)15/h5-6H,7H2,1-4H3,(H,12,13). The fraction of sp³-hybridized carbons (Fsp3) is 0.545. The van der Waals surface area contributed by atoms with Crippen molar-refractivity contribution in [2.75, 3.05) is 12.8 Å². The van der Waals surface area contributed by atoms with Crippen LogP contribution in [0.25, 0.3) is 0 Å². The monoisotopic (exact) mass is 259 g/mol. The molecule has 0 aliphatic heterocycles. The number of hydrogen-bond donors (Lipinski definition) is 1. The van der Waals surface area contributed by atoms with Crippen LogP contribution in [0.2, 0.25) is 0 Å². The summed E-state index contributed by atoms with van der Waals surface area (Å²) in [6.45, 7) is 4.89. The molecule has 1 rings (SSSR count). The highest BCUT2D eigenvalue weighted by atomic mass is 32.2. The predicted molar refractivity (Wildman–Crippen MR) is 64.7 cm³/mol. The molecule has 1 aromatic heterocycles. The van der Waals surface area contributed by atoms with E-state index in [9.17, 15) is 13.2 Å². The van der Waals surface area contributed by atoms with Crippen molar-refractivity contribution in [2.24, 2.45) is 0 Å². The quantitative estimate of drug-likeness (QED) is 0.879. The molecule has 1 amide bonds. The summed E-state index contributed by atoms with van der Waals surface area (Å²) in [4.78, 5) is 11.7. The SMILES string of the molecule is Cc1occc1C(=O)NCC(C)(C)S(C)(=O)=O. The maximum Gasteiger partial charge on any atom is 0.254 e. The molecule has 96 valence electrons. The Morgan fingerprint density at radius 1 is 1.47 bits per heavy atom. The number of aryl methyl sites for hydroxylation is 1. The first-order valence-corrected chi connectivity index (χ1v) is 7.06. The Labute approximate surface area is 101 Å². The smallest absolute Gasteiger partial charge is 0.254 e. The molecule has 1 aromatic rings. The minimum Gasteiger partial charge on any atom is -0.469 e. The highest BCUT2D eigenvalue weighted by Crippen LogP contribution is 2.14. The van der Waals surface area contributed by atoms with Crippen molar-refractivity contribution >= 4 is 15.7 Å². The van der Waals surface area contributed by atoms with Gasteiger partial charge < -0.3 is 9.73 Å². The Hall–Kier alpha value is -1.30. The van der Waals surface area contributed by atoms with E-state index >= 15 is 0 Å². The number of sulfone groups is 1. The zero-order valence-electron chi connectivity index (χ0n) is 10.4. The maximum absolute atomic E-state index is 11.7. The average molecular weight is 259 g/mol. The van der Waals surface area contributed by atoms with E-state index in [1.54, 1.807) is 26.8 Å². The van der Waals surface area contributed by atoms with E-state index in [0.29, 0.717) is 11.3 Å². The lowest BCUT2D eigenvalue weighted by molar-refractivity contribution is 0.0949. The topological polar surface area (TPSA) is 76.4 Å². The molecule has 0 radical (unpaired) electrons. The van der Waals surface area contributed by atoms with Crippen LogP contribution < -0.4 is 5.32 Å². The van der Waals surface area contributed by atoms with Crippen molar-refractivity contribution in [3.05, 3.63) is 23.7 Å². The number of carbonyl (C=O) groups excluding carboxylic acids is 1. The fourth-order valence-corrected chi connectivity index (χ4v) is 1.47. The van der Waals surface area contributed by atoms with E-state index in [0.717, 1.165) is 6.26 Å². The molecule has 0 saturated carbocycles. The molecule has 6 heteroatoms. The van der Waals surface area contributed by atoms with Gasteiger partial charge in [0, 0.05) is 12.8 Å². The summed E-state index contributed by atoms with van der Waals surface area (Å²) in [6, 6.07) is 1.55. The van der Waals surface area contributed by atoms with Crippen LogP contribution in [0, 0.1) is 6.92 Å². The van der Waals surface area contributed by atoms with E-state index in [-0.39, 0.29) is 12.5 Å². The molecule has 0 aliphatic carbocycles. The largest absolute Gasteiger partial charge is 0.469 e. The van der Waals surface area contributed by atoms with Crippen LogP contribution in [0.4, 0.5) is 0 Å². The van der Waals surface area contributed by atoms with Gasteiger partial charge >= 0.3 is 0 Å². The van der Waals surface area contributed by atoms with Crippen molar-refractivity contribution < 1.29 is 17.6 Å². The number of rotatable bonds is 4. The molecule has 1 N–H and O–H groups in total. The minimum absolute atomic E-state index is 0.0648. The van der Waals surface area contributed by atoms with Gasteiger partial charge in [0.15, 0.2) is 9.84 Å². The molecule has 0 unspecified atom stereocenters. The van der Waals surface area contributed by atoms with Gasteiger partial charge in [-0.1, -0.05) is 0 Å². The molecule has 0 aromatic carbocycles. The third-order valence-electron chi connectivity index (χ3n) is 2.78. The third-order valence-corrected chi connectivity index (χ3v) is 4.93. The van der Waals surface area contributed by atoms with Crippen LogP contribution >= 0.6 is 0 Å². The second-order valence-corrected chi connectivity index (χ2v) is 7.25. The summed E-state index contributed by atoms with van der Waals surface area (Å²) < 4.78 is 26.9. The van der Waals surface area contributed by atoms with Crippen molar-refractivity contribution in [1.82, 2.24) is 5.32 Å². The van der Waals surface area contributed by atoms with Crippen molar-refractivity contribution in [1.29, 1.82) is 0 Å². The average Bonchev–Trinajstić information content (AvgIpc) is 2.59. The molecule has 0 bridgehead atoms. The van der Waals surface area contributed by atoms with Crippen LogP contribution in [0.3, 0.4) is 0 Å². The summed E-state index contributed by atoms with van der Waals surface area (Å²) in [6.07, 6.45) is 2.58. The van der Waals surface area contributed by atoms with Gasteiger partial charge in [-0.15, -0.1) is 0 Å². The van der Waals surface area contributed by atoms with Crippen LogP contribution in [-0.4, -0.2) is 31.9 Å². The molecule has 1 heterocycles. The first-order valence-electron chi connectivity index (χ1n) is 5.17. The number of hydrogen-bond acceptors (Lipinski definition) is 4. The highest BCUT2D eigenvalue weighted by molar-refractivity contribution is 7.92. The zero-order valence-corrected chi connectivity index (χ0v) is 11.2. The Bertz CT molecular complexity index is 513. The fourth-order valence-electron chi connectivity index (χ4n) is 1.14. The second kappa shape index (κ2) is 4.52. The summed E-state index contributed by atoms with van der Waals surface area (Å²) in [5.41, 5.74) is 0.425. The molecule has 0 fully saturated rings. The molecule has 0 spiro atoms. The lowest BCUT2D eigenvalue weighted by Crippen LogP contribution is -2.43. The van der Waals surface area contributed by atoms with Crippen LogP contribution in [0.15, 0.2) is 16.7 Å². The lowest BCUT2D eigenvalue weighted by Gasteiger charge is -2.22. The van der Waals surface area contributed by atoms with Gasteiger partial charge in [0.2, 0.25) is 0 Å². The maximum atomic E-state index is 11.7. The number of carbonyl (C=O) groups is 1. The normalized spacial score (nSPS) is 12.5. The molecule has 0 aliphatic rings. The highest BCUT2D eigenvalue weighted by Gasteiger charge is 2.30. The van der Waals surface area contributed by atoms with Gasteiger partial charge in [0.1, 0.15) is 5.76 Å². The molecular weight excluding hydrogens is 242 g/mol. The number of nitrogens with one attached hydrogen (secondary N) is 1. The van der Waals surface area contributed by atoms with E-state index in [1.807, 2.05) is 0 Å². The van der Waals surface area contributed by atoms with E-state index < -0.39 is 14.6 Å². The molecule has 17 heavy (non-hydrogen) atoms. The number of furan rings is 1. The van der Waals surface area contributed by atoms with E-state index in [2.05, 4.69) is 5.32 Å². The Morgan fingerprint density at radius 2 is 2.06 bits per heavy atom. The Morgan fingerprint density at radius 3 is 2.47 bits per heavy atom. The number of amides is 1. The Kier molecular flexibility index (Phi) is 3.66. The molecule has 0 atom stereocenters. The van der Waals surface area contributed by atoms with Crippen LogP contribution in [-0.2, 0) is 9.84 Å². The van der Waals surface area contributed by atoms with Crippen molar-refractivity contribution in [3.63, 3.8) is 0 Å². The van der Waals surface area contributed by atoms with Gasteiger partial charge in [-0.25, -0.2) is 8.42 Å². The first-order chi connectivity index (χ1) is 7.65. The van der Waals surface area contributed by atoms with Gasteiger partial charge in [-0.05, 0) is 26.8 Å². The van der Waals surface area contributed by atoms with Crippen molar-refractivity contribution in [2.45, 2.75) is 25.5 Å². The van der Waals surface area contributed by atoms with E-state index in [1.165, 1.54) is 6.26 Å². The first kappa shape index (κ1) is 13.8. The zero-order chi connectivity index (χ0) is 13.3. The second-order valence-electron chi connectivity index (χ2n) is 4.60. The van der Waals surface area contributed by atoms with E-state index in [4.69, 9.17) is 4.42 Å². The van der Waals surface area contributed by atoms with Gasteiger partial charge in [0.25, 0.3) is 5.91 Å². The summed E-state index contributed by atoms with van der Waals surface area (Å²) in [7, 11) is -3.22. The van der Waals surface area contributed by atoms with Crippen LogP contribution in [0.5, 0.6) is 0 Å². The van der Waals surface area contributed by atoms with Gasteiger partial charge in [0.05, 0.1) is 16.6 Å². The molecule has 5 nitrogen and oxygen atoms in total. The predicted octanol–water partition coefficient (Wildman–Crippen LogP) is 1.14. The summed E-state index contributed by atoms with van der Waals surface area (Å²) in [5, 5.41) is 2.59.